The average molecular weight is 486 g/mol. The van der Waals surface area contributed by atoms with Gasteiger partial charge in [-0.15, -0.1) is 11.3 Å². The molecule has 2 amide bonds. The molecule has 33 heavy (non-hydrogen) atoms. The summed E-state index contributed by atoms with van der Waals surface area (Å²) in [5.74, 6) is -0.714. The van der Waals surface area contributed by atoms with E-state index in [4.69, 9.17) is 0 Å². The van der Waals surface area contributed by atoms with Crippen LogP contribution in [0.5, 0.6) is 0 Å². The van der Waals surface area contributed by atoms with Crippen molar-refractivity contribution in [2.24, 2.45) is 0 Å². The topological polar surface area (TPSA) is 121 Å². The minimum absolute atomic E-state index is 0.162. The Morgan fingerprint density at radius 2 is 1.70 bits per heavy atom. The van der Waals surface area contributed by atoms with Gasteiger partial charge in [0, 0.05) is 30.5 Å². The second-order valence-corrected chi connectivity index (χ2v) is 10.4. The quantitative estimate of drug-likeness (QED) is 0.551. The molecule has 172 valence electrons. The highest BCUT2D eigenvalue weighted by atomic mass is 32.2. The Hall–Kier alpha value is -3.15. The van der Waals surface area contributed by atoms with Gasteiger partial charge in [0.25, 0.3) is 11.8 Å². The van der Waals surface area contributed by atoms with Crippen molar-refractivity contribution >= 4 is 44.1 Å². The summed E-state index contributed by atoms with van der Waals surface area (Å²) in [6, 6.07) is 9.14. The molecule has 9 nitrogen and oxygen atoms in total. The smallest absolute Gasteiger partial charge is 0.261 e. The summed E-state index contributed by atoms with van der Waals surface area (Å²) < 4.78 is 27.1. The summed E-state index contributed by atoms with van der Waals surface area (Å²) in [6.07, 6.45) is 4.29. The van der Waals surface area contributed by atoms with Gasteiger partial charge in [-0.3, -0.25) is 14.9 Å². The van der Waals surface area contributed by atoms with E-state index in [1.165, 1.54) is 39.9 Å². The van der Waals surface area contributed by atoms with Gasteiger partial charge in [-0.1, -0.05) is 6.42 Å². The molecule has 1 aromatic carbocycles. The summed E-state index contributed by atoms with van der Waals surface area (Å²) in [7, 11) is -3.57. The van der Waals surface area contributed by atoms with Crippen LogP contribution < -0.4 is 10.6 Å². The zero-order valence-electron chi connectivity index (χ0n) is 17.9. The molecule has 2 N–H and O–H groups in total. The minimum Gasteiger partial charge on any atom is -0.313 e. The number of nitrogens with zero attached hydrogens (tertiary/aromatic N) is 3. The predicted octanol–water partition coefficient (Wildman–Crippen LogP) is 3.53. The standard InChI is InChI=1S/C22H23N5O4S2/c1-15-9-11-23-22(24-15)26-20(29)18-10-14-32-21(18)25-19(28)16-5-7-17(8-6-16)33(30,31)27-12-3-2-4-13-27/h5-11,14H,2-4,12-13H2,1H3,(H,25,28)(H,23,24,26,29). The molecule has 3 aromatic rings. The molecular formula is C22H23N5O4S2. The molecule has 0 saturated carbocycles. The third kappa shape index (κ3) is 5.27. The van der Waals surface area contributed by atoms with E-state index >= 15 is 0 Å². The molecule has 0 unspecified atom stereocenters. The number of carbonyl (C=O) groups excluding carboxylic acids is 2. The number of aryl methyl sites for hydroxylation is 1. The Kier molecular flexibility index (Phi) is 6.82. The SMILES string of the molecule is Cc1ccnc(NC(=O)c2ccsc2NC(=O)c2ccc(S(=O)(=O)N3CCCCC3)cc2)n1. The largest absolute Gasteiger partial charge is 0.313 e. The maximum absolute atomic E-state index is 12.8. The summed E-state index contributed by atoms with van der Waals surface area (Å²) in [5.41, 5.74) is 1.28. The normalized spacial score (nSPS) is 14.6. The first-order valence-corrected chi connectivity index (χ1v) is 12.8. The molecule has 0 atom stereocenters. The number of nitrogens with one attached hydrogen (secondary N) is 2. The average Bonchev–Trinajstić information content (AvgIpc) is 3.28. The van der Waals surface area contributed by atoms with Crippen molar-refractivity contribution in [3.8, 4) is 0 Å². The zero-order chi connectivity index (χ0) is 23.4. The summed E-state index contributed by atoms with van der Waals surface area (Å²) in [5, 5.41) is 7.40. The predicted molar refractivity (Wildman–Crippen MR) is 126 cm³/mol. The van der Waals surface area contributed by atoms with E-state index in [0.29, 0.717) is 23.8 Å². The first kappa shape index (κ1) is 23.0. The lowest BCUT2D eigenvalue weighted by atomic mass is 10.2. The van der Waals surface area contributed by atoms with E-state index in [1.807, 2.05) is 0 Å². The maximum atomic E-state index is 12.8. The Balaban J connectivity index is 1.45. The summed E-state index contributed by atoms with van der Waals surface area (Å²) in [6.45, 7) is 2.82. The van der Waals surface area contributed by atoms with Gasteiger partial charge in [0.05, 0.1) is 10.5 Å². The van der Waals surface area contributed by atoms with E-state index in [9.17, 15) is 18.0 Å². The number of hydrogen-bond donors (Lipinski definition) is 2. The Morgan fingerprint density at radius 3 is 2.39 bits per heavy atom. The van der Waals surface area contributed by atoms with Gasteiger partial charge >= 0.3 is 0 Å². The van der Waals surface area contributed by atoms with Crippen LogP contribution in [0.4, 0.5) is 10.9 Å². The number of rotatable bonds is 6. The van der Waals surface area contributed by atoms with Gasteiger partial charge < -0.3 is 5.32 Å². The third-order valence-electron chi connectivity index (χ3n) is 5.23. The molecule has 1 saturated heterocycles. The number of hydrogen-bond acceptors (Lipinski definition) is 7. The fourth-order valence-electron chi connectivity index (χ4n) is 3.47. The summed E-state index contributed by atoms with van der Waals surface area (Å²) in [4.78, 5) is 33.7. The second-order valence-electron chi connectivity index (χ2n) is 7.58. The fraction of sp³-hybridized carbons (Fsp3) is 0.273. The molecular weight excluding hydrogens is 462 g/mol. The number of amides is 2. The van der Waals surface area contributed by atoms with E-state index in [1.54, 1.807) is 30.6 Å². The van der Waals surface area contributed by atoms with E-state index in [2.05, 4.69) is 20.6 Å². The van der Waals surface area contributed by atoms with Crippen molar-refractivity contribution in [1.82, 2.24) is 14.3 Å². The Morgan fingerprint density at radius 1 is 0.970 bits per heavy atom. The molecule has 3 heterocycles. The number of aromatic nitrogens is 2. The van der Waals surface area contributed by atoms with Crippen molar-refractivity contribution in [2.45, 2.75) is 31.1 Å². The van der Waals surface area contributed by atoms with Crippen molar-refractivity contribution in [3.63, 3.8) is 0 Å². The van der Waals surface area contributed by atoms with E-state index in [-0.39, 0.29) is 22.0 Å². The van der Waals surface area contributed by atoms with Crippen molar-refractivity contribution < 1.29 is 18.0 Å². The number of benzene rings is 1. The first-order valence-electron chi connectivity index (χ1n) is 10.4. The lowest BCUT2D eigenvalue weighted by Crippen LogP contribution is -2.35. The van der Waals surface area contributed by atoms with Crippen LogP contribution in [0, 0.1) is 6.92 Å². The number of thiophene rings is 1. The highest BCUT2D eigenvalue weighted by Gasteiger charge is 2.26. The number of anilines is 2. The lowest BCUT2D eigenvalue weighted by Gasteiger charge is -2.25. The van der Waals surface area contributed by atoms with Crippen LogP contribution in [-0.4, -0.2) is 47.6 Å². The van der Waals surface area contributed by atoms with E-state index in [0.717, 1.165) is 19.3 Å². The maximum Gasteiger partial charge on any atom is 0.261 e. The van der Waals surface area contributed by atoms with Crippen LogP contribution in [-0.2, 0) is 10.0 Å². The highest BCUT2D eigenvalue weighted by Crippen LogP contribution is 2.25. The van der Waals surface area contributed by atoms with Crippen LogP contribution in [0.25, 0.3) is 0 Å². The van der Waals surface area contributed by atoms with Gasteiger partial charge in [0.2, 0.25) is 16.0 Å². The van der Waals surface area contributed by atoms with Gasteiger partial charge in [-0.25, -0.2) is 18.4 Å². The molecule has 2 aromatic heterocycles. The number of sulfonamides is 1. The van der Waals surface area contributed by atoms with E-state index < -0.39 is 21.8 Å². The number of piperidine rings is 1. The third-order valence-corrected chi connectivity index (χ3v) is 7.97. The van der Waals surface area contributed by atoms with Gasteiger partial charge in [0.15, 0.2) is 0 Å². The lowest BCUT2D eigenvalue weighted by molar-refractivity contribution is 0.102. The molecule has 11 heteroatoms. The van der Waals surface area contributed by atoms with Gasteiger partial charge in [-0.05, 0) is 61.5 Å². The molecule has 0 radical (unpaired) electrons. The number of carbonyl (C=O) groups is 2. The van der Waals surface area contributed by atoms with Crippen LogP contribution in [0.2, 0.25) is 0 Å². The molecule has 0 bridgehead atoms. The van der Waals surface area contributed by atoms with Gasteiger partial charge in [-0.2, -0.15) is 4.31 Å². The molecule has 0 aliphatic carbocycles. The minimum atomic E-state index is -3.57. The Labute approximate surface area is 195 Å². The molecule has 1 aliphatic rings. The van der Waals surface area contributed by atoms with Crippen molar-refractivity contribution in [1.29, 1.82) is 0 Å². The van der Waals surface area contributed by atoms with Crippen LogP contribution in [0.15, 0.2) is 52.9 Å². The summed E-state index contributed by atoms with van der Waals surface area (Å²) >= 11 is 1.20. The first-order chi connectivity index (χ1) is 15.8. The fourth-order valence-corrected chi connectivity index (χ4v) is 5.77. The molecule has 4 rings (SSSR count). The van der Waals surface area contributed by atoms with Gasteiger partial charge in [0.1, 0.15) is 5.00 Å². The molecule has 1 aliphatic heterocycles. The highest BCUT2D eigenvalue weighted by molar-refractivity contribution is 7.89. The van der Waals surface area contributed by atoms with Crippen molar-refractivity contribution in [3.05, 3.63) is 64.8 Å². The van der Waals surface area contributed by atoms with Crippen LogP contribution >= 0.6 is 11.3 Å². The monoisotopic (exact) mass is 485 g/mol. The zero-order valence-corrected chi connectivity index (χ0v) is 19.6. The van der Waals surface area contributed by atoms with Crippen LogP contribution in [0.1, 0.15) is 45.7 Å². The van der Waals surface area contributed by atoms with Crippen molar-refractivity contribution in [2.75, 3.05) is 23.7 Å². The molecule has 0 spiro atoms. The second kappa shape index (κ2) is 9.77. The van der Waals surface area contributed by atoms with Crippen LogP contribution in [0.3, 0.4) is 0 Å². The molecule has 1 fully saturated rings. The Bertz CT molecular complexity index is 1270.